The maximum Gasteiger partial charge on any atom is 0.251 e. The van der Waals surface area contributed by atoms with Crippen LogP contribution in [0.5, 0.6) is 0 Å². The molecule has 9 heteroatoms. The van der Waals surface area contributed by atoms with Gasteiger partial charge in [-0.15, -0.1) is 0 Å². The number of halogens is 2. The van der Waals surface area contributed by atoms with Crippen LogP contribution in [-0.2, 0) is 9.53 Å². The Morgan fingerprint density at radius 3 is 2.55 bits per heavy atom. The molecule has 0 aliphatic carbocycles. The Morgan fingerprint density at radius 2 is 1.90 bits per heavy atom. The molecule has 1 aromatic carbocycles. The van der Waals surface area contributed by atoms with Crippen molar-refractivity contribution >= 4 is 23.4 Å². The van der Waals surface area contributed by atoms with Crippen molar-refractivity contribution in [2.24, 2.45) is 5.92 Å². The number of carbonyl (C=O) groups excluding carboxylic acids is 2. The Bertz CT molecular complexity index is 756. The first kappa shape index (κ1) is 22.0. The minimum atomic E-state index is -1.23. The van der Waals surface area contributed by atoms with Crippen LogP contribution < -0.4 is 5.32 Å². The zero-order valence-corrected chi connectivity index (χ0v) is 16.9. The molecule has 0 saturated carbocycles. The highest BCUT2D eigenvalue weighted by molar-refractivity contribution is 6.31. The van der Waals surface area contributed by atoms with Crippen LogP contribution >= 0.6 is 11.6 Å². The molecule has 0 spiro atoms. The number of amides is 2. The Hall–Kier alpha value is -1.74. The first-order valence-corrected chi connectivity index (χ1v) is 10.2. The fourth-order valence-electron chi connectivity index (χ4n) is 3.65. The lowest BCUT2D eigenvalue weighted by Crippen LogP contribution is -2.41. The number of rotatable bonds is 5. The second-order valence-electron chi connectivity index (χ2n) is 7.80. The van der Waals surface area contributed by atoms with E-state index in [0.717, 1.165) is 18.9 Å². The average molecular weight is 429 g/mol. The molecular formula is C20H26ClFN2O5. The van der Waals surface area contributed by atoms with E-state index in [1.165, 1.54) is 12.1 Å². The highest BCUT2D eigenvalue weighted by atomic mass is 35.5. The van der Waals surface area contributed by atoms with E-state index in [0.29, 0.717) is 19.0 Å². The van der Waals surface area contributed by atoms with E-state index in [-0.39, 0.29) is 29.5 Å². The lowest BCUT2D eigenvalue weighted by atomic mass is 9.98. The smallest absolute Gasteiger partial charge is 0.251 e. The maximum atomic E-state index is 13.2. The van der Waals surface area contributed by atoms with Crippen molar-refractivity contribution in [3.05, 3.63) is 34.6 Å². The fraction of sp³-hybridized carbons (Fsp3) is 0.600. The number of nitrogens with zero attached hydrogens (tertiary/aromatic N) is 1. The van der Waals surface area contributed by atoms with Gasteiger partial charge in [0.05, 0.1) is 17.5 Å². The average Bonchev–Trinajstić information content (AvgIpc) is 2.96. The summed E-state index contributed by atoms with van der Waals surface area (Å²) in [5.74, 6) is -0.660. The van der Waals surface area contributed by atoms with Crippen molar-refractivity contribution < 1.29 is 28.9 Å². The largest absolute Gasteiger partial charge is 0.388 e. The number of piperidine rings is 1. The first-order valence-electron chi connectivity index (χ1n) is 9.79. The second kappa shape index (κ2) is 9.38. The lowest BCUT2D eigenvalue weighted by molar-refractivity contribution is -0.136. The van der Waals surface area contributed by atoms with Crippen LogP contribution in [0.3, 0.4) is 0 Å². The van der Waals surface area contributed by atoms with Gasteiger partial charge in [-0.05, 0) is 37.0 Å². The van der Waals surface area contributed by atoms with Crippen LogP contribution in [0.25, 0.3) is 0 Å². The molecule has 7 nitrogen and oxygen atoms in total. The minimum Gasteiger partial charge on any atom is -0.388 e. The summed E-state index contributed by atoms with van der Waals surface area (Å²) in [7, 11) is 0. The second-order valence-corrected chi connectivity index (χ2v) is 8.21. The van der Waals surface area contributed by atoms with Crippen LogP contribution in [0, 0.1) is 11.7 Å². The zero-order valence-electron chi connectivity index (χ0n) is 16.2. The Morgan fingerprint density at radius 1 is 1.24 bits per heavy atom. The monoisotopic (exact) mass is 428 g/mol. The molecule has 2 saturated heterocycles. The Balaban J connectivity index is 1.51. The number of hydrogen-bond donors (Lipinski definition) is 3. The summed E-state index contributed by atoms with van der Waals surface area (Å²) >= 11 is 5.68. The molecule has 2 heterocycles. The molecular weight excluding hydrogens is 403 g/mol. The highest BCUT2D eigenvalue weighted by Crippen LogP contribution is 2.25. The summed E-state index contributed by atoms with van der Waals surface area (Å²) in [5.41, 5.74) is 0.162. The van der Waals surface area contributed by atoms with Crippen molar-refractivity contribution in [3.63, 3.8) is 0 Å². The van der Waals surface area contributed by atoms with Crippen LogP contribution in [0.2, 0.25) is 5.02 Å². The van der Waals surface area contributed by atoms with Crippen molar-refractivity contribution in [1.29, 1.82) is 0 Å². The number of nitrogens with one attached hydrogen (secondary N) is 1. The normalized spacial score (nSPS) is 27.8. The van der Waals surface area contributed by atoms with E-state index in [1.807, 2.05) is 0 Å². The van der Waals surface area contributed by atoms with Crippen LogP contribution in [0.15, 0.2) is 18.2 Å². The van der Waals surface area contributed by atoms with Crippen molar-refractivity contribution in [1.82, 2.24) is 10.2 Å². The molecule has 2 aliphatic heterocycles. The third kappa shape index (κ3) is 5.25. The summed E-state index contributed by atoms with van der Waals surface area (Å²) < 4.78 is 18.9. The molecule has 3 rings (SSSR count). The SMILES string of the molecule is CC1CCN(C(=O)C[C@H]2O[C@H](CNC(=O)c3ccc(F)c(Cl)c3)[C@@H](O)[C@H]2O)CC1. The zero-order chi connectivity index (χ0) is 21.1. The summed E-state index contributed by atoms with van der Waals surface area (Å²) in [4.78, 5) is 26.4. The van der Waals surface area contributed by atoms with E-state index in [4.69, 9.17) is 16.3 Å². The number of aliphatic hydroxyl groups is 2. The number of carbonyl (C=O) groups is 2. The predicted molar refractivity (Wildman–Crippen MR) is 104 cm³/mol. The van der Waals surface area contributed by atoms with Crippen LogP contribution in [0.1, 0.15) is 36.5 Å². The van der Waals surface area contributed by atoms with Crippen molar-refractivity contribution in [2.45, 2.75) is 50.6 Å². The van der Waals surface area contributed by atoms with Crippen molar-refractivity contribution in [3.8, 4) is 0 Å². The third-order valence-corrected chi connectivity index (χ3v) is 5.91. The van der Waals surface area contributed by atoms with Gasteiger partial charge in [0.15, 0.2) is 0 Å². The summed E-state index contributed by atoms with van der Waals surface area (Å²) in [6, 6.07) is 3.58. The quantitative estimate of drug-likeness (QED) is 0.657. The van der Waals surface area contributed by atoms with E-state index in [9.17, 15) is 24.2 Å². The van der Waals surface area contributed by atoms with Gasteiger partial charge in [0.1, 0.15) is 24.1 Å². The van der Waals surface area contributed by atoms with E-state index in [2.05, 4.69) is 12.2 Å². The van der Waals surface area contributed by atoms with E-state index in [1.54, 1.807) is 4.90 Å². The number of hydrogen-bond acceptors (Lipinski definition) is 5. The van der Waals surface area contributed by atoms with Gasteiger partial charge in [0.25, 0.3) is 5.91 Å². The summed E-state index contributed by atoms with van der Waals surface area (Å²) in [5, 5.41) is 22.9. The number of ether oxygens (including phenoxy) is 1. The Kier molecular flexibility index (Phi) is 7.10. The summed E-state index contributed by atoms with van der Waals surface area (Å²) in [6.07, 6.45) is -2.27. The standard InChI is InChI=1S/C20H26ClFN2O5/c1-11-4-6-24(7-5-11)17(25)9-15-18(26)19(27)16(29-15)10-23-20(28)12-2-3-14(22)13(21)8-12/h2-3,8,11,15-16,18-19,26-27H,4-7,9-10H2,1H3,(H,23,28)/t15-,16-,18+,19-/m1/s1. The van der Waals surface area contributed by atoms with E-state index < -0.39 is 36.1 Å². The third-order valence-electron chi connectivity index (χ3n) is 5.62. The molecule has 0 radical (unpaired) electrons. The van der Waals surface area contributed by atoms with Crippen LogP contribution in [0.4, 0.5) is 4.39 Å². The molecule has 2 amide bonds. The molecule has 2 fully saturated rings. The topological polar surface area (TPSA) is 99.1 Å². The van der Waals surface area contributed by atoms with Gasteiger partial charge in [-0.1, -0.05) is 18.5 Å². The minimum absolute atomic E-state index is 0.0232. The molecule has 160 valence electrons. The predicted octanol–water partition coefficient (Wildman–Crippen LogP) is 1.35. The molecule has 2 aliphatic rings. The molecule has 0 bridgehead atoms. The van der Waals surface area contributed by atoms with E-state index >= 15 is 0 Å². The highest BCUT2D eigenvalue weighted by Gasteiger charge is 2.44. The Labute approximate surface area is 173 Å². The van der Waals surface area contributed by atoms with Gasteiger partial charge in [0.2, 0.25) is 5.91 Å². The van der Waals surface area contributed by atoms with Crippen molar-refractivity contribution in [2.75, 3.05) is 19.6 Å². The molecule has 4 atom stereocenters. The fourth-order valence-corrected chi connectivity index (χ4v) is 3.84. The van der Waals surface area contributed by atoms with Gasteiger partial charge in [-0.2, -0.15) is 0 Å². The number of likely N-dealkylation sites (tertiary alicyclic amines) is 1. The van der Waals surface area contributed by atoms with Gasteiger partial charge in [-0.25, -0.2) is 4.39 Å². The first-order chi connectivity index (χ1) is 13.8. The molecule has 0 aromatic heterocycles. The maximum absolute atomic E-state index is 13.2. The van der Waals surface area contributed by atoms with Gasteiger partial charge in [0, 0.05) is 25.2 Å². The summed E-state index contributed by atoms with van der Waals surface area (Å²) in [6.45, 7) is 3.45. The van der Waals surface area contributed by atoms with Gasteiger partial charge in [-0.3, -0.25) is 9.59 Å². The molecule has 0 unspecified atom stereocenters. The lowest BCUT2D eigenvalue weighted by Gasteiger charge is -2.31. The number of aliphatic hydroxyl groups excluding tert-OH is 2. The van der Waals surface area contributed by atoms with Gasteiger partial charge >= 0.3 is 0 Å². The van der Waals surface area contributed by atoms with Crippen LogP contribution in [-0.4, -0.2) is 71.0 Å². The van der Waals surface area contributed by atoms with Gasteiger partial charge < -0.3 is 25.2 Å². The molecule has 1 aromatic rings. The number of benzene rings is 1. The molecule has 29 heavy (non-hydrogen) atoms. The molecule has 3 N–H and O–H groups in total.